The fourth-order valence-corrected chi connectivity index (χ4v) is 4.08. The summed E-state index contributed by atoms with van der Waals surface area (Å²) in [5.41, 5.74) is 3.53. The second kappa shape index (κ2) is 7.50. The third-order valence-electron chi connectivity index (χ3n) is 3.81. The number of aryl methyl sites for hydroxylation is 1. The first-order chi connectivity index (χ1) is 13.1. The number of thiazole rings is 1. The number of para-hydroxylation sites is 1. The van der Waals surface area contributed by atoms with E-state index in [1.165, 1.54) is 47.4 Å². The quantitative estimate of drug-likeness (QED) is 0.463. The molecule has 2 aromatic heterocycles. The maximum atomic E-state index is 12.9. The smallest absolute Gasteiger partial charge is 0.275 e. The molecule has 2 heterocycles. The van der Waals surface area contributed by atoms with Crippen LogP contribution in [0.1, 0.15) is 21.1 Å². The normalized spacial score (nSPS) is 11.0. The van der Waals surface area contributed by atoms with E-state index in [0.29, 0.717) is 22.4 Å². The molecule has 0 bridgehead atoms. The minimum absolute atomic E-state index is 0.327. The second-order valence-electron chi connectivity index (χ2n) is 5.78. The number of halogens is 1. The van der Waals surface area contributed by atoms with Crippen LogP contribution in [0.4, 0.5) is 10.1 Å². The van der Waals surface area contributed by atoms with Gasteiger partial charge in [-0.3, -0.25) is 4.79 Å². The number of aromatic nitrogens is 2. The van der Waals surface area contributed by atoms with Crippen molar-refractivity contribution >= 4 is 45.8 Å². The first kappa shape index (κ1) is 17.7. The molecule has 0 aliphatic heterocycles. The van der Waals surface area contributed by atoms with E-state index in [2.05, 4.69) is 15.3 Å². The molecule has 0 fully saturated rings. The van der Waals surface area contributed by atoms with Crippen LogP contribution in [0.3, 0.4) is 0 Å². The number of hydrogen-bond acceptors (Lipinski definition) is 6. The highest BCUT2D eigenvalue weighted by Gasteiger charge is 2.13. The van der Waals surface area contributed by atoms with Crippen LogP contribution in [0.5, 0.6) is 0 Å². The summed E-state index contributed by atoms with van der Waals surface area (Å²) >= 11 is 2.83. The fourth-order valence-electron chi connectivity index (χ4n) is 2.46. The van der Waals surface area contributed by atoms with Gasteiger partial charge in [0, 0.05) is 11.1 Å². The Morgan fingerprint density at radius 1 is 1.22 bits per heavy atom. The predicted octanol–water partition coefficient (Wildman–Crippen LogP) is 5.28. The Hall–Kier alpha value is -2.71. The van der Waals surface area contributed by atoms with E-state index in [1.54, 1.807) is 5.38 Å². The zero-order chi connectivity index (χ0) is 18.8. The molecule has 27 heavy (non-hydrogen) atoms. The van der Waals surface area contributed by atoms with Gasteiger partial charge in [0.2, 0.25) is 0 Å². The van der Waals surface area contributed by atoms with Crippen molar-refractivity contribution in [3.05, 3.63) is 69.9 Å². The molecule has 8 heteroatoms. The van der Waals surface area contributed by atoms with E-state index in [4.69, 9.17) is 4.42 Å². The molecule has 0 atom stereocenters. The van der Waals surface area contributed by atoms with Crippen LogP contribution >= 0.6 is 23.1 Å². The van der Waals surface area contributed by atoms with Gasteiger partial charge in [0.1, 0.15) is 22.0 Å². The van der Waals surface area contributed by atoms with Gasteiger partial charge < -0.3 is 9.73 Å². The molecule has 2 aromatic carbocycles. The van der Waals surface area contributed by atoms with Crippen LogP contribution in [0.25, 0.3) is 11.1 Å². The topological polar surface area (TPSA) is 68.0 Å². The molecule has 1 amide bonds. The van der Waals surface area contributed by atoms with Crippen LogP contribution in [0, 0.1) is 12.7 Å². The number of carbonyl (C=O) groups is 1. The number of carbonyl (C=O) groups excluding carboxylic acids is 1. The lowest BCUT2D eigenvalue weighted by molar-refractivity contribution is 0.102. The van der Waals surface area contributed by atoms with Gasteiger partial charge in [-0.2, -0.15) is 0 Å². The number of anilines is 1. The van der Waals surface area contributed by atoms with Crippen molar-refractivity contribution in [3.8, 4) is 0 Å². The van der Waals surface area contributed by atoms with Crippen LogP contribution in [-0.4, -0.2) is 15.9 Å². The number of fused-ring (bicyclic) bond motifs is 1. The van der Waals surface area contributed by atoms with E-state index in [9.17, 15) is 9.18 Å². The maximum absolute atomic E-state index is 12.9. The largest absolute Gasteiger partial charge is 0.431 e. The van der Waals surface area contributed by atoms with Crippen molar-refractivity contribution in [1.82, 2.24) is 9.97 Å². The summed E-state index contributed by atoms with van der Waals surface area (Å²) in [6, 6.07) is 11.4. The van der Waals surface area contributed by atoms with Gasteiger partial charge in [-0.15, -0.1) is 11.3 Å². The SMILES string of the molecule is Cc1cccc2oc(SCc3nc(C(=O)Nc4ccc(F)cc4)cs3)nc12. The summed E-state index contributed by atoms with van der Waals surface area (Å²) in [6.45, 7) is 1.99. The highest BCUT2D eigenvalue weighted by molar-refractivity contribution is 7.98. The monoisotopic (exact) mass is 399 g/mol. The van der Waals surface area contributed by atoms with E-state index >= 15 is 0 Å². The molecule has 0 aliphatic rings. The summed E-state index contributed by atoms with van der Waals surface area (Å²) in [5.74, 6) is -0.123. The van der Waals surface area contributed by atoms with Gasteiger partial charge in [0.05, 0.1) is 5.75 Å². The van der Waals surface area contributed by atoms with Gasteiger partial charge in [-0.1, -0.05) is 23.9 Å². The van der Waals surface area contributed by atoms with Crippen LogP contribution in [-0.2, 0) is 5.75 Å². The van der Waals surface area contributed by atoms with Crippen molar-refractivity contribution in [2.45, 2.75) is 17.9 Å². The van der Waals surface area contributed by atoms with Crippen LogP contribution in [0.15, 0.2) is 57.5 Å². The van der Waals surface area contributed by atoms with Crippen molar-refractivity contribution in [2.24, 2.45) is 0 Å². The van der Waals surface area contributed by atoms with Crippen LogP contribution in [0.2, 0.25) is 0 Å². The Labute approximate surface area is 162 Å². The first-order valence-corrected chi connectivity index (χ1v) is 9.95. The van der Waals surface area contributed by atoms with Crippen molar-refractivity contribution in [3.63, 3.8) is 0 Å². The third kappa shape index (κ3) is 4.01. The Bertz CT molecular complexity index is 1110. The van der Waals surface area contributed by atoms with Gasteiger partial charge in [-0.05, 0) is 42.8 Å². The highest BCUT2D eigenvalue weighted by atomic mass is 32.2. The molecule has 0 spiro atoms. The molecule has 0 saturated carbocycles. The van der Waals surface area contributed by atoms with E-state index < -0.39 is 0 Å². The highest BCUT2D eigenvalue weighted by Crippen LogP contribution is 2.28. The molecular weight excluding hydrogens is 385 g/mol. The van der Waals surface area contributed by atoms with Crippen molar-refractivity contribution < 1.29 is 13.6 Å². The standard InChI is InChI=1S/C19H14FN3O2S2/c1-11-3-2-4-15-17(11)23-19(25-15)27-10-16-22-14(9-26-16)18(24)21-13-7-5-12(20)6-8-13/h2-9H,10H2,1H3,(H,21,24). The molecule has 0 unspecified atom stereocenters. The van der Waals surface area contributed by atoms with Gasteiger partial charge in [0.25, 0.3) is 11.1 Å². The number of nitrogens with one attached hydrogen (secondary N) is 1. The van der Waals surface area contributed by atoms with E-state index in [1.807, 2.05) is 25.1 Å². The molecule has 4 rings (SSSR count). The van der Waals surface area contributed by atoms with Gasteiger partial charge in [-0.25, -0.2) is 14.4 Å². The van der Waals surface area contributed by atoms with Gasteiger partial charge >= 0.3 is 0 Å². The third-order valence-corrected chi connectivity index (χ3v) is 5.68. The number of oxazole rings is 1. The fraction of sp³-hybridized carbons (Fsp3) is 0.105. The molecule has 0 aliphatic carbocycles. The maximum Gasteiger partial charge on any atom is 0.275 e. The number of thioether (sulfide) groups is 1. The Morgan fingerprint density at radius 2 is 2.04 bits per heavy atom. The van der Waals surface area contributed by atoms with Gasteiger partial charge in [0.15, 0.2) is 5.58 Å². The summed E-state index contributed by atoms with van der Waals surface area (Å²) < 4.78 is 18.7. The first-order valence-electron chi connectivity index (χ1n) is 8.09. The summed E-state index contributed by atoms with van der Waals surface area (Å²) in [4.78, 5) is 21.1. The minimum atomic E-state index is -0.352. The molecule has 4 aromatic rings. The predicted molar refractivity (Wildman–Crippen MR) is 105 cm³/mol. The lowest BCUT2D eigenvalue weighted by Gasteiger charge is -2.02. The Balaban J connectivity index is 1.40. The number of hydrogen-bond donors (Lipinski definition) is 1. The zero-order valence-electron chi connectivity index (χ0n) is 14.2. The second-order valence-corrected chi connectivity index (χ2v) is 7.65. The summed E-state index contributed by atoms with van der Waals surface area (Å²) in [5, 5.41) is 5.77. The molecular formula is C19H14FN3O2S2. The Morgan fingerprint density at radius 3 is 2.81 bits per heavy atom. The van der Waals surface area contributed by atoms with Crippen LogP contribution < -0.4 is 5.32 Å². The molecule has 136 valence electrons. The Kier molecular flexibility index (Phi) is 4.91. The van der Waals surface area contributed by atoms with E-state index in [-0.39, 0.29) is 11.7 Å². The molecule has 5 nitrogen and oxygen atoms in total. The minimum Gasteiger partial charge on any atom is -0.431 e. The number of amides is 1. The number of nitrogens with zero attached hydrogens (tertiary/aromatic N) is 2. The lowest BCUT2D eigenvalue weighted by Crippen LogP contribution is -2.12. The summed E-state index contributed by atoms with van der Waals surface area (Å²) in [7, 11) is 0. The van der Waals surface area contributed by atoms with E-state index in [0.717, 1.165) is 21.7 Å². The van der Waals surface area contributed by atoms with Crippen molar-refractivity contribution in [2.75, 3.05) is 5.32 Å². The lowest BCUT2D eigenvalue weighted by atomic mass is 10.2. The molecule has 1 N–H and O–H groups in total. The number of rotatable bonds is 5. The molecule has 0 saturated heterocycles. The average Bonchev–Trinajstić information content (AvgIpc) is 3.29. The average molecular weight is 399 g/mol. The van der Waals surface area contributed by atoms with Crippen molar-refractivity contribution in [1.29, 1.82) is 0 Å². The summed E-state index contributed by atoms with van der Waals surface area (Å²) in [6.07, 6.45) is 0. The molecule has 0 radical (unpaired) electrons. The number of benzene rings is 2. The zero-order valence-corrected chi connectivity index (χ0v) is 15.9.